The van der Waals surface area contributed by atoms with E-state index < -0.39 is 42.7 Å². The maximum absolute atomic E-state index is 14.0. The van der Waals surface area contributed by atoms with Crippen LogP contribution in [-0.2, 0) is 36.9 Å². The van der Waals surface area contributed by atoms with Crippen LogP contribution < -0.4 is 14.2 Å². The van der Waals surface area contributed by atoms with E-state index >= 15 is 0 Å². The van der Waals surface area contributed by atoms with Crippen molar-refractivity contribution >= 4 is 34.5 Å². The number of H-pyrrole nitrogens is 1. The maximum atomic E-state index is 14.0. The molecule has 312 valence electrons. The van der Waals surface area contributed by atoms with Gasteiger partial charge in [-0.15, -0.1) is 0 Å². The number of hydrogen-bond donors (Lipinski definition) is 4. The van der Waals surface area contributed by atoms with E-state index in [0.29, 0.717) is 46.7 Å². The van der Waals surface area contributed by atoms with Gasteiger partial charge in [-0.3, -0.25) is 9.59 Å². The van der Waals surface area contributed by atoms with E-state index in [9.17, 15) is 29.7 Å². The molecule has 0 amide bonds. The van der Waals surface area contributed by atoms with Crippen LogP contribution in [-0.4, -0.2) is 108 Å². The van der Waals surface area contributed by atoms with E-state index in [2.05, 4.69) is 16.8 Å². The Kier molecular flexibility index (Phi) is 12.5. The Morgan fingerprint density at radius 1 is 1.12 bits per heavy atom. The smallest absolute Gasteiger partial charge is 0.375 e. The number of fused-ring (bicyclic) bond motifs is 3. The molecule has 0 spiro atoms. The number of allylic oxidation sites excluding steroid dienone is 3. The SMILES string of the molecule is CCOC(=O)C1=C(C=O)C(=C2C[C@@H](CO)C(=O)[C@H](c3ccc4[nH]ccc4c3)C2)c2c(OC)c3c(c(CO)c2O1)O[C@H]([C@](C)(O)[C@@H]1CCN(CCCOC)[C@@H](CC)C1)C3. The van der Waals surface area contributed by atoms with Gasteiger partial charge >= 0.3 is 5.97 Å². The first-order valence-electron chi connectivity index (χ1n) is 20.5. The lowest BCUT2D eigenvalue weighted by Gasteiger charge is -2.46. The number of nitrogens with zero attached hydrogens (tertiary/aromatic N) is 1. The number of piperidine rings is 1. The second-order valence-electron chi connectivity index (χ2n) is 16.1. The van der Waals surface area contributed by atoms with Crippen molar-refractivity contribution in [3.8, 4) is 17.2 Å². The predicted octanol–water partition coefficient (Wildman–Crippen LogP) is 5.17. The molecule has 0 radical (unpaired) electrons. The van der Waals surface area contributed by atoms with Crippen molar-refractivity contribution in [2.24, 2.45) is 11.8 Å². The maximum Gasteiger partial charge on any atom is 0.375 e. The van der Waals surface area contributed by atoms with E-state index in [1.54, 1.807) is 14.0 Å². The Morgan fingerprint density at radius 2 is 1.93 bits per heavy atom. The first-order valence-corrected chi connectivity index (χ1v) is 20.5. The summed E-state index contributed by atoms with van der Waals surface area (Å²) >= 11 is 0. The van der Waals surface area contributed by atoms with Crippen molar-refractivity contribution in [1.29, 1.82) is 0 Å². The van der Waals surface area contributed by atoms with Crippen LogP contribution in [0.5, 0.6) is 17.2 Å². The van der Waals surface area contributed by atoms with Gasteiger partial charge in [0, 0.05) is 67.4 Å². The van der Waals surface area contributed by atoms with Crippen LogP contribution in [0.4, 0.5) is 0 Å². The molecule has 2 fully saturated rings. The van der Waals surface area contributed by atoms with Crippen LogP contribution in [0.15, 0.2) is 47.4 Å². The molecule has 58 heavy (non-hydrogen) atoms. The van der Waals surface area contributed by atoms with Gasteiger partial charge in [-0.2, -0.15) is 0 Å². The third-order valence-corrected chi connectivity index (χ3v) is 12.9. The molecule has 0 unspecified atom stereocenters. The number of carbonyl (C=O) groups is 3. The molecule has 1 aliphatic carbocycles. The molecular weight excluding hydrogens is 744 g/mol. The number of aliphatic hydroxyl groups excluding tert-OH is 2. The fourth-order valence-electron chi connectivity index (χ4n) is 9.82. The highest BCUT2D eigenvalue weighted by molar-refractivity contribution is 6.11. The Balaban J connectivity index is 1.34. The minimum Gasteiger partial charge on any atom is -0.496 e. The van der Waals surface area contributed by atoms with Gasteiger partial charge in [-0.05, 0) is 94.0 Å². The number of aliphatic hydroxyl groups is 3. The molecule has 4 heterocycles. The van der Waals surface area contributed by atoms with E-state index in [1.807, 2.05) is 37.4 Å². The zero-order valence-corrected chi connectivity index (χ0v) is 34.1. The van der Waals surface area contributed by atoms with Gasteiger partial charge in [0.15, 0.2) is 6.29 Å². The molecule has 2 aromatic carbocycles. The summed E-state index contributed by atoms with van der Waals surface area (Å²) in [5.41, 5.74) is 2.42. The number of hydrogen-bond acceptors (Lipinski definition) is 12. The first-order chi connectivity index (χ1) is 28.0. The standard InChI is InChI=1S/C45H56N2O11/c1-6-30-20-29(12-15-47(30)14-8-16-54-4)45(3,53)36-21-32-40(57-36)34(24-50)42-38(41(32)55-5)37(33(23-49)43(58-42)44(52)56-7-2)27-18-28(22-48)39(51)31(19-27)25-9-10-35-26(17-25)11-13-46-35/h9-11,13,17,23,28-31,36,46,48,50,53H,6-8,12,14-16,18-22,24H2,1-5H3/t28-,29+,30-,31-,36-,45+/m0/s1. The van der Waals surface area contributed by atoms with Crippen molar-refractivity contribution in [2.75, 3.05) is 47.1 Å². The summed E-state index contributed by atoms with van der Waals surface area (Å²) in [4.78, 5) is 46.5. The average Bonchev–Trinajstić information content (AvgIpc) is 3.90. The van der Waals surface area contributed by atoms with Crippen LogP contribution in [0.3, 0.4) is 0 Å². The number of aromatic nitrogens is 1. The molecule has 3 aliphatic heterocycles. The van der Waals surface area contributed by atoms with E-state index in [1.165, 1.54) is 7.11 Å². The zero-order chi connectivity index (χ0) is 41.3. The van der Waals surface area contributed by atoms with E-state index in [0.717, 1.165) is 55.2 Å². The highest BCUT2D eigenvalue weighted by Crippen LogP contribution is 2.57. The Hall–Kier alpha value is -4.53. The molecular formula is C45H56N2O11. The third-order valence-electron chi connectivity index (χ3n) is 12.9. The molecule has 6 atom stereocenters. The van der Waals surface area contributed by atoms with Crippen molar-refractivity contribution in [3.63, 3.8) is 0 Å². The van der Waals surface area contributed by atoms with Gasteiger partial charge in [0.25, 0.3) is 0 Å². The molecule has 13 nitrogen and oxygen atoms in total. The number of esters is 1. The molecule has 1 saturated heterocycles. The van der Waals surface area contributed by atoms with Gasteiger partial charge in [-0.25, -0.2) is 4.79 Å². The van der Waals surface area contributed by atoms with Crippen LogP contribution in [0.25, 0.3) is 16.5 Å². The summed E-state index contributed by atoms with van der Waals surface area (Å²) in [6.07, 6.45) is 5.60. The third kappa shape index (κ3) is 7.36. The van der Waals surface area contributed by atoms with Crippen molar-refractivity contribution in [1.82, 2.24) is 9.88 Å². The second-order valence-corrected chi connectivity index (χ2v) is 16.1. The molecule has 7 rings (SSSR count). The van der Waals surface area contributed by atoms with Crippen molar-refractivity contribution < 1.29 is 53.4 Å². The monoisotopic (exact) mass is 800 g/mol. The predicted molar refractivity (Wildman–Crippen MR) is 216 cm³/mol. The van der Waals surface area contributed by atoms with Crippen LogP contribution in [0.2, 0.25) is 0 Å². The molecule has 1 aromatic heterocycles. The Labute approximate surface area is 338 Å². The Bertz CT molecular complexity index is 2120. The number of rotatable bonds is 14. The lowest BCUT2D eigenvalue weighted by atomic mass is 9.71. The Morgan fingerprint density at radius 3 is 2.62 bits per heavy atom. The number of likely N-dealkylation sites (tertiary alicyclic amines) is 1. The van der Waals surface area contributed by atoms with Crippen molar-refractivity contribution in [2.45, 2.75) is 96.0 Å². The molecule has 1 saturated carbocycles. The van der Waals surface area contributed by atoms with Gasteiger partial charge < -0.3 is 48.9 Å². The molecule has 4 N–H and O–H groups in total. The molecule has 3 aromatic rings. The number of ketones is 1. The summed E-state index contributed by atoms with van der Waals surface area (Å²) in [6, 6.07) is 7.95. The van der Waals surface area contributed by atoms with E-state index in [4.69, 9.17) is 23.7 Å². The number of benzene rings is 2. The minimum absolute atomic E-state index is 0.00654. The lowest BCUT2D eigenvalue weighted by Crippen LogP contribution is -2.54. The van der Waals surface area contributed by atoms with Gasteiger partial charge in [0.2, 0.25) is 5.76 Å². The number of Topliss-reactive ketones (excluding diaryl/α,β-unsaturated/α-hetero) is 1. The summed E-state index contributed by atoms with van der Waals surface area (Å²) in [5.74, 6) is -2.26. The average molecular weight is 801 g/mol. The lowest BCUT2D eigenvalue weighted by molar-refractivity contribution is -0.141. The van der Waals surface area contributed by atoms with Gasteiger partial charge in [-0.1, -0.05) is 18.6 Å². The topological polar surface area (TPSA) is 177 Å². The second kappa shape index (κ2) is 17.4. The fourth-order valence-corrected chi connectivity index (χ4v) is 9.82. The van der Waals surface area contributed by atoms with Gasteiger partial charge in [0.05, 0.1) is 43.6 Å². The first kappa shape index (κ1) is 41.6. The largest absolute Gasteiger partial charge is 0.496 e. The number of methoxy groups -OCH3 is 2. The van der Waals surface area contributed by atoms with Crippen LogP contribution in [0.1, 0.15) is 87.5 Å². The fraction of sp³-hybridized carbons (Fsp3) is 0.533. The van der Waals surface area contributed by atoms with Crippen molar-refractivity contribution in [3.05, 3.63) is 69.6 Å². The number of nitrogens with one attached hydrogen (secondary N) is 1. The molecule has 13 heteroatoms. The number of carbonyl (C=O) groups excluding carboxylic acids is 3. The van der Waals surface area contributed by atoms with Crippen LogP contribution >= 0.6 is 0 Å². The number of aromatic amines is 1. The molecule has 4 aliphatic rings. The number of ether oxygens (including phenoxy) is 5. The summed E-state index contributed by atoms with van der Waals surface area (Å²) in [7, 11) is 3.20. The zero-order valence-electron chi connectivity index (χ0n) is 34.1. The number of aldehydes is 1. The highest BCUT2D eigenvalue weighted by atomic mass is 16.6. The van der Waals surface area contributed by atoms with Gasteiger partial charge in [0.1, 0.15) is 34.7 Å². The van der Waals surface area contributed by atoms with Crippen LogP contribution in [0, 0.1) is 11.8 Å². The normalized spacial score (nSPS) is 25.8. The summed E-state index contributed by atoms with van der Waals surface area (Å²) in [6.45, 7) is 7.10. The minimum atomic E-state index is -1.28. The van der Waals surface area contributed by atoms with E-state index in [-0.39, 0.29) is 66.3 Å². The summed E-state index contributed by atoms with van der Waals surface area (Å²) < 4.78 is 29.9. The summed E-state index contributed by atoms with van der Waals surface area (Å²) in [5, 5.41) is 35.0. The highest BCUT2D eigenvalue weighted by Gasteiger charge is 2.50. The quantitative estimate of drug-likeness (QED) is 0.0958. The molecule has 0 bridgehead atoms.